The third kappa shape index (κ3) is 2.29. The van der Waals surface area contributed by atoms with E-state index in [4.69, 9.17) is 0 Å². The predicted molar refractivity (Wildman–Crippen MR) is 84.9 cm³/mol. The van der Waals surface area contributed by atoms with Gasteiger partial charge in [0.15, 0.2) is 12.1 Å². The van der Waals surface area contributed by atoms with Crippen molar-refractivity contribution in [2.45, 2.75) is 19.0 Å². The number of amides is 2. The zero-order valence-electron chi connectivity index (χ0n) is 13.1. The van der Waals surface area contributed by atoms with Crippen molar-refractivity contribution >= 4 is 23.2 Å². The molecular formula is C17H12F2N4O2. The van der Waals surface area contributed by atoms with Gasteiger partial charge < -0.3 is 0 Å². The number of hydrogen-bond acceptors (Lipinski definition) is 5. The summed E-state index contributed by atoms with van der Waals surface area (Å²) in [4.78, 5) is 26.3. The highest BCUT2D eigenvalue weighted by Gasteiger charge is 2.55. The van der Waals surface area contributed by atoms with Gasteiger partial charge in [-0.05, 0) is 42.8 Å². The fourth-order valence-corrected chi connectivity index (χ4v) is 2.97. The smallest absolute Gasteiger partial charge is 0.263 e. The lowest BCUT2D eigenvalue weighted by atomic mass is 10.1. The highest BCUT2D eigenvalue weighted by molar-refractivity contribution is 6.26. The first-order valence-corrected chi connectivity index (χ1v) is 7.57. The van der Waals surface area contributed by atoms with Crippen molar-refractivity contribution < 1.29 is 18.4 Å². The Morgan fingerprint density at radius 2 is 1.80 bits per heavy atom. The van der Waals surface area contributed by atoms with E-state index in [1.54, 1.807) is 13.0 Å². The molecule has 6 nitrogen and oxygen atoms in total. The van der Waals surface area contributed by atoms with Crippen LogP contribution in [0.15, 0.2) is 52.8 Å². The first kappa shape index (κ1) is 15.4. The molecule has 0 aliphatic carbocycles. The normalized spacial score (nSPS) is 22.0. The number of benzene rings is 2. The Labute approximate surface area is 141 Å². The van der Waals surface area contributed by atoms with Crippen molar-refractivity contribution in [3.05, 3.63) is 59.7 Å². The standard InChI is InChI=1S/C17H12F2N4O2/c1-9-5-6-11(8-13(9)19)22-16(24)14-15(17(22)25)23(21-20-14)12-4-2-3-10(18)7-12/h2-8,14-15H,1H3/t14-,15+/m0/s1. The molecule has 2 aliphatic rings. The van der Waals surface area contributed by atoms with Crippen LogP contribution in [-0.4, -0.2) is 23.9 Å². The van der Waals surface area contributed by atoms with Crippen molar-refractivity contribution in [1.82, 2.24) is 0 Å². The molecule has 4 rings (SSSR count). The van der Waals surface area contributed by atoms with Crippen LogP contribution in [0.1, 0.15) is 5.56 Å². The predicted octanol–water partition coefficient (Wildman–Crippen LogP) is 2.77. The monoisotopic (exact) mass is 342 g/mol. The summed E-state index contributed by atoms with van der Waals surface area (Å²) in [6.45, 7) is 1.58. The third-order valence-corrected chi connectivity index (χ3v) is 4.27. The minimum Gasteiger partial charge on any atom is -0.271 e. The number of hydrogen-bond donors (Lipinski definition) is 0. The van der Waals surface area contributed by atoms with E-state index in [2.05, 4.69) is 10.3 Å². The average molecular weight is 342 g/mol. The van der Waals surface area contributed by atoms with Crippen LogP contribution in [0.4, 0.5) is 20.2 Å². The van der Waals surface area contributed by atoms with E-state index in [1.807, 2.05) is 0 Å². The molecular weight excluding hydrogens is 330 g/mol. The van der Waals surface area contributed by atoms with Crippen LogP contribution in [0, 0.1) is 18.6 Å². The van der Waals surface area contributed by atoms with Crippen molar-refractivity contribution in [2.24, 2.45) is 10.3 Å². The van der Waals surface area contributed by atoms with Crippen LogP contribution in [0.5, 0.6) is 0 Å². The number of fused-ring (bicyclic) bond motifs is 1. The van der Waals surface area contributed by atoms with Gasteiger partial charge in [-0.1, -0.05) is 17.4 Å². The molecule has 2 heterocycles. The summed E-state index contributed by atoms with van der Waals surface area (Å²) in [6, 6.07) is 7.60. The highest BCUT2D eigenvalue weighted by atomic mass is 19.1. The van der Waals surface area contributed by atoms with Gasteiger partial charge in [-0.3, -0.25) is 9.59 Å². The van der Waals surface area contributed by atoms with Crippen molar-refractivity contribution in [2.75, 3.05) is 9.91 Å². The Bertz CT molecular complexity index is 931. The van der Waals surface area contributed by atoms with E-state index in [-0.39, 0.29) is 5.69 Å². The summed E-state index contributed by atoms with van der Waals surface area (Å²) in [5.74, 6) is -2.17. The summed E-state index contributed by atoms with van der Waals surface area (Å²) >= 11 is 0. The maximum absolute atomic E-state index is 13.8. The van der Waals surface area contributed by atoms with Crippen LogP contribution < -0.4 is 9.91 Å². The minimum absolute atomic E-state index is 0.141. The average Bonchev–Trinajstić information content (AvgIpc) is 3.12. The first-order valence-electron chi connectivity index (χ1n) is 7.57. The lowest BCUT2D eigenvalue weighted by Crippen LogP contribution is -2.40. The van der Waals surface area contributed by atoms with Crippen LogP contribution >= 0.6 is 0 Å². The van der Waals surface area contributed by atoms with Crippen molar-refractivity contribution in [3.8, 4) is 0 Å². The lowest BCUT2D eigenvalue weighted by Gasteiger charge is -2.20. The van der Waals surface area contributed by atoms with Crippen molar-refractivity contribution in [1.29, 1.82) is 0 Å². The summed E-state index contributed by atoms with van der Waals surface area (Å²) in [5, 5.41) is 8.92. The summed E-state index contributed by atoms with van der Waals surface area (Å²) in [5.41, 5.74) is 0.861. The number of carbonyl (C=O) groups excluding carboxylic acids is 2. The molecule has 0 bridgehead atoms. The Morgan fingerprint density at radius 1 is 1.00 bits per heavy atom. The van der Waals surface area contributed by atoms with Gasteiger partial charge in [0.1, 0.15) is 11.6 Å². The first-order chi connectivity index (χ1) is 12.0. The second-order valence-corrected chi connectivity index (χ2v) is 5.86. The van der Waals surface area contributed by atoms with Crippen LogP contribution in [0.25, 0.3) is 0 Å². The third-order valence-electron chi connectivity index (χ3n) is 4.27. The molecule has 0 N–H and O–H groups in total. The Kier molecular flexibility index (Phi) is 3.34. The van der Waals surface area contributed by atoms with E-state index in [1.165, 1.54) is 35.3 Å². The van der Waals surface area contributed by atoms with Gasteiger partial charge in [0.2, 0.25) is 0 Å². The van der Waals surface area contributed by atoms with Gasteiger partial charge in [0.05, 0.1) is 11.4 Å². The molecule has 0 radical (unpaired) electrons. The van der Waals surface area contributed by atoms with Crippen molar-refractivity contribution in [3.63, 3.8) is 0 Å². The summed E-state index contributed by atoms with van der Waals surface area (Å²) < 4.78 is 27.3. The zero-order chi connectivity index (χ0) is 17.7. The van der Waals surface area contributed by atoms with Gasteiger partial charge in [-0.15, -0.1) is 0 Å². The molecule has 1 saturated heterocycles. The number of halogens is 2. The minimum atomic E-state index is -1.03. The SMILES string of the molecule is Cc1ccc(N2C(=O)[C@H]3N=NN(c4cccc(F)c4)[C@H]3C2=O)cc1F. The van der Waals surface area contributed by atoms with Gasteiger partial charge in [0, 0.05) is 0 Å². The van der Waals surface area contributed by atoms with Gasteiger partial charge >= 0.3 is 0 Å². The van der Waals surface area contributed by atoms with E-state index >= 15 is 0 Å². The molecule has 126 valence electrons. The fraction of sp³-hybridized carbons (Fsp3) is 0.176. The number of nitrogens with zero attached hydrogens (tertiary/aromatic N) is 4. The van der Waals surface area contributed by atoms with Gasteiger partial charge in [-0.2, -0.15) is 5.11 Å². The maximum atomic E-state index is 13.8. The number of anilines is 2. The molecule has 0 spiro atoms. The van der Waals surface area contributed by atoms with E-state index in [0.717, 1.165) is 11.0 Å². The van der Waals surface area contributed by atoms with E-state index in [9.17, 15) is 18.4 Å². The molecule has 2 aliphatic heterocycles. The van der Waals surface area contributed by atoms with Crippen LogP contribution in [0.3, 0.4) is 0 Å². The summed E-state index contributed by atoms with van der Waals surface area (Å²) in [7, 11) is 0. The molecule has 2 atom stereocenters. The fourth-order valence-electron chi connectivity index (χ4n) is 2.97. The molecule has 2 aromatic rings. The Hall–Kier alpha value is -3.16. The quantitative estimate of drug-likeness (QED) is 0.788. The number of aryl methyl sites for hydroxylation is 1. The Balaban J connectivity index is 1.71. The second kappa shape index (κ2) is 5.44. The molecule has 1 fully saturated rings. The van der Waals surface area contributed by atoms with Gasteiger partial charge in [0.25, 0.3) is 11.8 Å². The molecule has 8 heteroatoms. The number of rotatable bonds is 2. The number of carbonyl (C=O) groups is 2. The largest absolute Gasteiger partial charge is 0.271 e. The molecule has 0 aromatic heterocycles. The van der Waals surface area contributed by atoms with E-state index in [0.29, 0.717) is 11.3 Å². The molecule has 25 heavy (non-hydrogen) atoms. The zero-order valence-corrected chi connectivity index (χ0v) is 13.1. The molecule has 2 amide bonds. The molecule has 2 aromatic carbocycles. The van der Waals surface area contributed by atoms with E-state index < -0.39 is 35.5 Å². The van der Waals surface area contributed by atoms with Crippen LogP contribution in [-0.2, 0) is 9.59 Å². The highest BCUT2D eigenvalue weighted by Crippen LogP contribution is 2.35. The Morgan fingerprint density at radius 3 is 2.52 bits per heavy atom. The lowest BCUT2D eigenvalue weighted by molar-refractivity contribution is -0.121. The summed E-state index contributed by atoms with van der Waals surface area (Å²) in [6.07, 6.45) is 0. The topological polar surface area (TPSA) is 65.3 Å². The number of imide groups is 1. The maximum Gasteiger partial charge on any atom is 0.263 e. The van der Waals surface area contributed by atoms with Gasteiger partial charge in [-0.25, -0.2) is 18.7 Å². The molecule has 0 unspecified atom stereocenters. The van der Waals surface area contributed by atoms with Crippen LogP contribution in [0.2, 0.25) is 0 Å². The second-order valence-electron chi connectivity index (χ2n) is 5.86. The molecule has 0 saturated carbocycles.